The first-order valence-corrected chi connectivity index (χ1v) is 7.43. The summed E-state index contributed by atoms with van der Waals surface area (Å²) in [6.45, 7) is -0.238. The van der Waals surface area contributed by atoms with Crippen molar-refractivity contribution >= 4 is 34.5 Å². The van der Waals surface area contributed by atoms with Crippen LogP contribution in [0.1, 0.15) is 26.9 Å². The summed E-state index contributed by atoms with van der Waals surface area (Å²) >= 11 is 5.83. The number of carbonyl (C=O) groups excluding carboxylic acids is 2. The Morgan fingerprint density at radius 3 is 2.60 bits per heavy atom. The predicted octanol–water partition coefficient (Wildman–Crippen LogP) is 3.18. The Hall–Kier alpha value is -3.06. The largest absolute Gasteiger partial charge is 0.463 e. The van der Waals surface area contributed by atoms with E-state index in [-0.39, 0.29) is 34.9 Å². The van der Waals surface area contributed by atoms with Crippen LogP contribution in [0.2, 0.25) is 5.02 Å². The van der Waals surface area contributed by atoms with Gasteiger partial charge in [0, 0.05) is 11.1 Å². The highest BCUT2D eigenvalue weighted by atomic mass is 35.5. The van der Waals surface area contributed by atoms with E-state index in [1.54, 1.807) is 6.07 Å². The van der Waals surface area contributed by atoms with Gasteiger partial charge in [-0.25, -0.2) is 9.59 Å². The highest BCUT2D eigenvalue weighted by molar-refractivity contribution is 6.31. The van der Waals surface area contributed by atoms with Gasteiger partial charge in [0.1, 0.15) is 18.0 Å². The summed E-state index contributed by atoms with van der Waals surface area (Å²) in [5.41, 5.74) is -0.198. The molecule has 0 saturated carbocycles. The molecule has 128 valence electrons. The van der Waals surface area contributed by atoms with Gasteiger partial charge in [-0.3, -0.25) is 4.79 Å². The highest BCUT2D eigenvalue weighted by Gasteiger charge is 2.16. The van der Waals surface area contributed by atoms with Crippen LogP contribution in [-0.2, 0) is 16.1 Å². The number of fused-ring (bicyclic) bond motifs is 1. The Labute approximate surface area is 145 Å². The molecule has 0 spiro atoms. The molecule has 0 radical (unpaired) electrons. The summed E-state index contributed by atoms with van der Waals surface area (Å²) in [6.07, 6.45) is 0. The molecule has 7 nitrogen and oxygen atoms in total. The number of hydrogen-bond donors (Lipinski definition) is 0. The Morgan fingerprint density at radius 2 is 1.84 bits per heavy atom. The van der Waals surface area contributed by atoms with Gasteiger partial charge in [0.25, 0.3) is 0 Å². The fraction of sp³-hybridized carbons (Fsp3) is 0.118. The van der Waals surface area contributed by atoms with Gasteiger partial charge in [0.2, 0.25) is 11.5 Å². The zero-order valence-electron chi connectivity index (χ0n) is 12.9. The fourth-order valence-electron chi connectivity index (χ4n) is 2.10. The number of rotatable bonds is 4. The third-order valence-electron chi connectivity index (χ3n) is 3.28. The second kappa shape index (κ2) is 6.82. The first-order valence-electron chi connectivity index (χ1n) is 7.05. The van der Waals surface area contributed by atoms with E-state index >= 15 is 0 Å². The Bertz CT molecular complexity index is 1020. The van der Waals surface area contributed by atoms with E-state index in [9.17, 15) is 14.4 Å². The minimum atomic E-state index is -0.843. The van der Waals surface area contributed by atoms with Crippen molar-refractivity contribution in [1.82, 2.24) is 0 Å². The van der Waals surface area contributed by atoms with E-state index in [2.05, 4.69) is 4.74 Å². The molecule has 0 N–H and O–H groups in total. The second-order valence-corrected chi connectivity index (χ2v) is 5.39. The molecule has 0 unspecified atom stereocenters. The zero-order chi connectivity index (χ0) is 18.0. The van der Waals surface area contributed by atoms with Crippen molar-refractivity contribution in [3.05, 3.63) is 68.9 Å². The van der Waals surface area contributed by atoms with Crippen molar-refractivity contribution in [3.63, 3.8) is 0 Å². The number of methoxy groups -OCH3 is 1. The van der Waals surface area contributed by atoms with Crippen LogP contribution in [-0.4, -0.2) is 19.0 Å². The number of halogens is 1. The molecule has 3 rings (SSSR count). The molecule has 2 aromatic heterocycles. The van der Waals surface area contributed by atoms with Crippen LogP contribution in [0.3, 0.4) is 0 Å². The number of carbonyl (C=O) groups is 2. The number of ether oxygens (including phenoxy) is 2. The van der Waals surface area contributed by atoms with Gasteiger partial charge in [-0.05, 0) is 30.3 Å². The Kier molecular flexibility index (Phi) is 4.58. The van der Waals surface area contributed by atoms with E-state index in [1.165, 1.54) is 31.4 Å². The average molecular weight is 363 g/mol. The molecule has 25 heavy (non-hydrogen) atoms. The van der Waals surface area contributed by atoms with Gasteiger partial charge in [0.05, 0.1) is 12.5 Å². The van der Waals surface area contributed by atoms with Crippen LogP contribution in [0.4, 0.5) is 0 Å². The standard InChI is InChI=1S/C17H11ClO7/c1-22-16(20)14-5-3-10(24-14)8-23-17(21)15-7-12(19)11-6-9(18)2-4-13(11)25-15/h2-7H,8H2,1H3. The minimum absolute atomic E-state index is 0.0114. The summed E-state index contributed by atoms with van der Waals surface area (Å²) in [7, 11) is 1.22. The molecule has 0 aliphatic carbocycles. The third kappa shape index (κ3) is 3.56. The van der Waals surface area contributed by atoms with Gasteiger partial charge in [-0.1, -0.05) is 11.6 Å². The van der Waals surface area contributed by atoms with Crippen LogP contribution in [0.25, 0.3) is 11.0 Å². The quantitative estimate of drug-likeness (QED) is 0.657. The van der Waals surface area contributed by atoms with Crippen LogP contribution >= 0.6 is 11.6 Å². The smallest absolute Gasteiger partial charge is 0.374 e. The van der Waals surface area contributed by atoms with Gasteiger partial charge >= 0.3 is 11.9 Å². The van der Waals surface area contributed by atoms with E-state index in [0.29, 0.717) is 5.02 Å². The zero-order valence-corrected chi connectivity index (χ0v) is 13.7. The molecule has 2 heterocycles. The molecule has 1 aromatic carbocycles. The number of esters is 2. The molecular weight excluding hydrogens is 352 g/mol. The second-order valence-electron chi connectivity index (χ2n) is 4.95. The maximum Gasteiger partial charge on any atom is 0.374 e. The lowest BCUT2D eigenvalue weighted by Gasteiger charge is -2.04. The maximum absolute atomic E-state index is 12.1. The molecule has 0 aliphatic rings. The van der Waals surface area contributed by atoms with Crippen molar-refractivity contribution in [2.24, 2.45) is 0 Å². The van der Waals surface area contributed by atoms with Crippen LogP contribution in [0.15, 0.2) is 50.0 Å². The van der Waals surface area contributed by atoms with E-state index in [1.807, 2.05) is 0 Å². The Morgan fingerprint density at radius 1 is 1.04 bits per heavy atom. The number of furan rings is 1. The summed E-state index contributed by atoms with van der Waals surface area (Å²) in [5.74, 6) is -1.51. The molecular formula is C17H11ClO7. The van der Waals surface area contributed by atoms with Gasteiger partial charge < -0.3 is 18.3 Å². The molecule has 0 bridgehead atoms. The minimum Gasteiger partial charge on any atom is -0.463 e. The van der Waals surface area contributed by atoms with Gasteiger partial charge in [0.15, 0.2) is 5.43 Å². The average Bonchev–Trinajstić information content (AvgIpc) is 3.08. The summed E-state index contributed by atoms with van der Waals surface area (Å²) < 4.78 is 20.1. The van der Waals surface area contributed by atoms with E-state index in [0.717, 1.165) is 6.07 Å². The van der Waals surface area contributed by atoms with Crippen molar-refractivity contribution in [3.8, 4) is 0 Å². The number of hydrogen-bond acceptors (Lipinski definition) is 7. The lowest BCUT2D eigenvalue weighted by Crippen LogP contribution is -2.10. The molecule has 8 heteroatoms. The lowest BCUT2D eigenvalue weighted by atomic mass is 10.2. The molecule has 0 amide bonds. The van der Waals surface area contributed by atoms with Crippen molar-refractivity contribution < 1.29 is 27.9 Å². The first kappa shape index (κ1) is 16.8. The van der Waals surface area contributed by atoms with Crippen molar-refractivity contribution in [2.75, 3.05) is 7.11 Å². The lowest BCUT2D eigenvalue weighted by molar-refractivity contribution is 0.0404. The summed E-state index contributed by atoms with van der Waals surface area (Å²) in [5, 5.41) is 0.646. The van der Waals surface area contributed by atoms with Crippen LogP contribution in [0, 0.1) is 0 Å². The highest BCUT2D eigenvalue weighted by Crippen LogP contribution is 2.18. The number of benzene rings is 1. The first-order chi connectivity index (χ1) is 12.0. The van der Waals surface area contributed by atoms with Crippen molar-refractivity contribution in [1.29, 1.82) is 0 Å². The van der Waals surface area contributed by atoms with Crippen molar-refractivity contribution in [2.45, 2.75) is 6.61 Å². The molecule has 0 aliphatic heterocycles. The molecule has 0 atom stereocenters. The van der Waals surface area contributed by atoms with E-state index < -0.39 is 17.4 Å². The van der Waals surface area contributed by atoms with Gasteiger partial charge in [-0.2, -0.15) is 0 Å². The third-order valence-corrected chi connectivity index (χ3v) is 3.52. The monoisotopic (exact) mass is 362 g/mol. The molecule has 3 aromatic rings. The summed E-state index contributed by atoms with van der Waals surface area (Å²) in [4.78, 5) is 35.4. The molecule has 0 saturated heterocycles. The summed E-state index contributed by atoms with van der Waals surface area (Å²) in [6, 6.07) is 8.38. The van der Waals surface area contributed by atoms with Crippen LogP contribution in [0.5, 0.6) is 0 Å². The topological polar surface area (TPSA) is 96.0 Å². The van der Waals surface area contributed by atoms with E-state index in [4.69, 9.17) is 25.2 Å². The Balaban J connectivity index is 1.76. The van der Waals surface area contributed by atoms with Crippen LogP contribution < -0.4 is 5.43 Å². The predicted molar refractivity (Wildman–Crippen MR) is 86.7 cm³/mol. The molecule has 0 fully saturated rings. The maximum atomic E-state index is 12.1. The van der Waals surface area contributed by atoms with Gasteiger partial charge in [-0.15, -0.1) is 0 Å². The normalized spacial score (nSPS) is 10.6. The fourth-order valence-corrected chi connectivity index (χ4v) is 2.27. The SMILES string of the molecule is COC(=O)c1ccc(COC(=O)c2cc(=O)c3cc(Cl)ccc3o2)o1.